The quantitative estimate of drug-likeness (QED) is 0.829. The number of aryl methyl sites for hydroxylation is 1. The van der Waals surface area contributed by atoms with Crippen molar-refractivity contribution in [1.82, 2.24) is 24.9 Å². The van der Waals surface area contributed by atoms with Gasteiger partial charge in [-0.3, -0.25) is 9.58 Å². The van der Waals surface area contributed by atoms with E-state index < -0.39 is 0 Å². The first-order valence-electron chi connectivity index (χ1n) is 7.43. The predicted octanol–water partition coefficient (Wildman–Crippen LogP) is 1.31. The molecular formula is C15H22N6. The maximum Gasteiger partial charge on any atom is 0.151 e. The van der Waals surface area contributed by atoms with Crippen LogP contribution in [0.25, 0.3) is 0 Å². The Bertz CT molecular complexity index is 567. The molecule has 21 heavy (non-hydrogen) atoms. The molecule has 0 unspecified atom stereocenters. The molecular weight excluding hydrogens is 264 g/mol. The van der Waals surface area contributed by atoms with Crippen LogP contribution in [0.4, 0.5) is 5.82 Å². The Morgan fingerprint density at radius 2 is 2.33 bits per heavy atom. The Kier molecular flexibility index (Phi) is 4.15. The lowest BCUT2D eigenvalue weighted by molar-refractivity contribution is 0.302. The molecule has 0 saturated carbocycles. The molecule has 0 amide bonds. The van der Waals surface area contributed by atoms with Gasteiger partial charge in [0.1, 0.15) is 0 Å². The minimum absolute atomic E-state index is 0.517. The van der Waals surface area contributed by atoms with E-state index in [1.54, 1.807) is 6.20 Å². The third-order valence-corrected chi connectivity index (χ3v) is 3.96. The average molecular weight is 286 g/mol. The zero-order valence-corrected chi connectivity index (χ0v) is 12.7. The maximum atomic E-state index is 4.25. The zero-order valence-electron chi connectivity index (χ0n) is 12.7. The first-order chi connectivity index (χ1) is 10.2. The molecule has 1 saturated heterocycles. The average Bonchev–Trinajstić information content (AvgIpc) is 3.09. The summed E-state index contributed by atoms with van der Waals surface area (Å²) in [6, 6.07) is 4.52. The smallest absolute Gasteiger partial charge is 0.151 e. The van der Waals surface area contributed by atoms with E-state index in [1.807, 2.05) is 30.1 Å². The summed E-state index contributed by atoms with van der Waals surface area (Å²) in [4.78, 5) is 4.74. The van der Waals surface area contributed by atoms with Crippen LogP contribution in [0.1, 0.15) is 18.4 Å². The highest BCUT2D eigenvalue weighted by Gasteiger charge is 2.26. The lowest BCUT2D eigenvalue weighted by atomic mass is 10.2. The molecule has 6 nitrogen and oxygen atoms in total. The summed E-state index contributed by atoms with van der Waals surface area (Å²) in [5.41, 5.74) is 1.25. The van der Waals surface area contributed by atoms with Crippen molar-refractivity contribution in [2.45, 2.75) is 25.4 Å². The fourth-order valence-electron chi connectivity index (χ4n) is 3.06. The van der Waals surface area contributed by atoms with Crippen molar-refractivity contribution in [3.8, 4) is 0 Å². The minimum atomic E-state index is 0.517. The van der Waals surface area contributed by atoms with E-state index in [0.29, 0.717) is 6.04 Å². The van der Waals surface area contributed by atoms with E-state index in [2.05, 4.69) is 38.3 Å². The number of likely N-dealkylation sites (N-methyl/N-ethyl adjacent to an activating group) is 1. The SMILES string of the molecule is CN(Cc1cnn(C)c1)C[C@@H]1CCCN1c1cccnn1. The number of anilines is 1. The van der Waals surface area contributed by atoms with E-state index >= 15 is 0 Å². The van der Waals surface area contributed by atoms with Crippen molar-refractivity contribution in [3.05, 3.63) is 36.3 Å². The number of rotatable bonds is 5. The van der Waals surface area contributed by atoms with E-state index in [4.69, 9.17) is 0 Å². The standard InChI is InChI=1S/C15H22N6/c1-19(10-13-9-17-20(2)11-13)12-14-5-4-8-21(14)15-6-3-7-16-18-15/h3,6-7,9,11,14H,4-5,8,10,12H2,1-2H3/t14-/m0/s1. The Labute approximate surface area is 125 Å². The van der Waals surface area contributed by atoms with Gasteiger partial charge < -0.3 is 4.90 Å². The first-order valence-corrected chi connectivity index (χ1v) is 7.43. The number of hydrogen-bond acceptors (Lipinski definition) is 5. The molecule has 112 valence electrons. The third-order valence-electron chi connectivity index (χ3n) is 3.96. The van der Waals surface area contributed by atoms with E-state index in [9.17, 15) is 0 Å². The molecule has 1 aliphatic heterocycles. The molecule has 1 fully saturated rings. The minimum Gasteiger partial charge on any atom is -0.351 e. The van der Waals surface area contributed by atoms with Crippen molar-refractivity contribution < 1.29 is 0 Å². The van der Waals surface area contributed by atoms with Crippen molar-refractivity contribution in [1.29, 1.82) is 0 Å². The molecule has 2 aromatic heterocycles. The van der Waals surface area contributed by atoms with Crippen LogP contribution in [-0.4, -0.2) is 51.1 Å². The Morgan fingerprint density at radius 3 is 3.05 bits per heavy atom. The maximum absolute atomic E-state index is 4.25. The van der Waals surface area contributed by atoms with Crippen molar-refractivity contribution in [2.24, 2.45) is 7.05 Å². The van der Waals surface area contributed by atoms with Crippen LogP contribution in [-0.2, 0) is 13.6 Å². The monoisotopic (exact) mass is 286 g/mol. The van der Waals surface area contributed by atoms with Gasteiger partial charge in [-0.2, -0.15) is 10.2 Å². The second-order valence-corrected chi connectivity index (χ2v) is 5.79. The summed E-state index contributed by atoms with van der Waals surface area (Å²) in [5.74, 6) is 0.995. The lowest BCUT2D eigenvalue weighted by Crippen LogP contribution is -2.39. The second kappa shape index (κ2) is 6.22. The van der Waals surface area contributed by atoms with Crippen molar-refractivity contribution in [2.75, 3.05) is 25.0 Å². The lowest BCUT2D eigenvalue weighted by Gasteiger charge is -2.29. The van der Waals surface area contributed by atoms with E-state index in [0.717, 1.165) is 25.5 Å². The molecule has 0 aliphatic carbocycles. The first kappa shape index (κ1) is 14.0. The molecule has 1 atom stereocenters. The van der Waals surface area contributed by atoms with Crippen molar-refractivity contribution in [3.63, 3.8) is 0 Å². The Balaban J connectivity index is 1.61. The Morgan fingerprint density at radius 1 is 1.43 bits per heavy atom. The fourth-order valence-corrected chi connectivity index (χ4v) is 3.06. The highest BCUT2D eigenvalue weighted by Crippen LogP contribution is 2.23. The molecule has 2 aromatic rings. The van der Waals surface area contributed by atoms with Crippen LogP contribution in [0.15, 0.2) is 30.7 Å². The highest BCUT2D eigenvalue weighted by atomic mass is 15.3. The zero-order chi connectivity index (χ0) is 14.7. The van der Waals surface area contributed by atoms with Gasteiger partial charge in [0.15, 0.2) is 5.82 Å². The molecule has 0 aromatic carbocycles. The summed E-state index contributed by atoms with van der Waals surface area (Å²) in [6.45, 7) is 3.04. The molecule has 0 spiro atoms. The topological polar surface area (TPSA) is 50.1 Å². The summed E-state index contributed by atoms with van der Waals surface area (Å²) in [7, 11) is 4.12. The molecule has 3 rings (SSSR count). The van der Waals surface area contributed by atoms with E-state index in [1.165, 1.54) is 18.4 Å². The van der Waals surface area contributed by atoms with Gasteiger partial charge >= 0.3 is 0 Å². The van der Waals surface area contributed by atoms with Gasteiger partial charge in [-0.25, -0.2) is 0 Å². The highest BCUT2D eigenvalue weighted by molar-refractivity contribution is 5.39. The second-order valence-electron chi connectivity index (χ2n) is 5.79. The van der Waals surface area contributed by atoms with Gasteiger partial charge in [-0.1, -0.05) is 0 Å². The molecule has 1 aliphatic rings. The van der Waals surface area contributed by atoms with Crippen LogP contribution >= 0.6 is 0 Å². The normalized spacial score (nSPS) is 18.6. The van der Waals surface area contributed by atoms with Crippen LogP contribution in [0.5, 0.6) is 0 Å². The molecule has 3 heterocycles. The summed E-state index contributed by atoms with van der Waals surface area (Å²) >= 11 is 0. The third kappa shape index (κ3) is 3.39. The predicted molar refractivity (Wildman–Crippen MR) is 81.9 cm³/mol. The van der Waals surface area contributed by atoms with E-state index in [-0.39, 0.29) is 0 Å². The number of aromatic nitrogens is 4. The summed E-state index contributed by atoms with van der Waals surface area (Å²) < 4.78 is 1.85. The van der Waals surface area contributed by atoms with Gasteiger partial charge in [-0.15, -0.1) is 5.10 Å². The van der Waals surface area contributed by atoms with Gasteiger partial charge in [0.2, 0.25) is 0 Å². The van der Waals surface area contributed by atoms with Crippen LogP contribution in [0.3, 0.4) is 0 Å². The number of nitrogens with zero attached hydrogens (tertiary/aromatic N) is 6. The largest absolute Gasteiger partial charge is 0.351 e. The summed E-state index contributed by atoms with van der Waals surface area (Å²) in [5, 5.41) is 12.5. The van der Waals surface area contributed by atoms with Gasteiger partial charge in [0.05, 0.1) is 6.20 Å². The summed E-state index contributed by atoms with van der Waals surface area (Å²) in [6.07, 6.45) is 8.18. The van der Waals surface area contributed by atoms with Crippen LogP contribution < -0.4 is 4.90 Å². The van der Waals surface area contributed by atoms with Gasteiger partial charge in [0.25, 0.3) is 0 Å². The molecule has 6 heteroatoms. The molecule has 0 radical (unpaired) electrons. The van der Waals surface area contributed by atoms with Gasteiger partial charge in [0, 0.05) is 50.7 Å². The van der Waals surface area contributed by atoms with Crippen LogP contribution in [0, 0.1) is 0 Å². The van der Waals surface area contributed by atoms with Crippen molar-refractivity contribution >= 4 is 5.82 Å². The molecule has 0 N–H and O–H groups in total. The van der Waals surface area contributed by atoms with Gasteiger partial charge in [-0.05, 0) is 32.0 Å². The molecule has 0 bridgehead atoms. The number of hydrogen-bond donors (Lipinski definition) is 0. The Hall–Kier alpha value is -1.95. The fraction of sp³-hybridized carbons (Fsp3) is 0.533. The van der Waals surface area contributed by atoms with Crippen LogP contribution in [0.2, 0.25) is 0 Å².